The molecular formula is C18H23NO. The number of benzene rings is 2. The first-order valence-corrected chi connectivity index (χ1v) is 7.11. The van der Waals surface area contributed by atoms with Gasteiger partial charge >= 0.3 is 0 Å². The zero-order valence-electron chi connectivity index (χ0n) is 12.5. The lowest BCUT2D eigenvalue weighted by atomic mass is 10.0. The SMILES string of the molecule is Cc1cc(CN)ccc1COc1cccc(C(C)C)c1. The second-order valence-electron chi connectivity index (χ2n) is 5.48. The van der Waals surface area contributed by atoms with Crippen molar-refractivity contribution in [1.29, 1.82) is 0 Å². The van der Waals surface area contributed by atoms with E-state index in [1.54, 1.807) is 0 Å². The van der Waals surface area contributed by atoms with Crippen LogP contribution in [0.2, 0.25) is 0 Å². The summed E-state index contributed by atoms with van der Waals surface area (Å²) in [7, 11) is 0. The number of hydrogen-bond donors (Lipinski definition) is 1. The van der Waals surface area contributed by atoms with E-state index < -0.39 is 0 Å². The highest BCUT2D eigenvalue weighted by atomic mass is 16.5. The van der Waals surface area contributed by atoms with Gasteiger partial charge in [0.25, 0.3) is 0 Å². The molecule has 2 rings (SSSR count). The zero-order chi connectivity index (χ0) is 14.5. The molecule has 0 bridgehead atoms. The monoisotopic (exact) mass is 269 g/mol. The summed E-state index contributed by atoms with van der Waals surface area (Å²) in [6, 6.07) is 14.6. The minimum atomic E-state index is 0.518. The topological polar surface area (TPSA) is 35.2 Å². The Balaban J connectivity index is 2.07. The van der Waals surface area contributed by atoms with Crippen LogP contribution in [0.3, 0.4) is 0 Å². The molecule has 2 aromatic carbocycles. The number of hydrogen-bond acceptors (Lipinski definition) is 2. The maximum absolute atomic E-state index is 5.91. The van der Waals surface area contributed by atoms with E-state index in [-0.39, 0.29) is 0 Å². The Hall–Kier alpha value is -1.80. The van der Waals surface area contributed by atoms with E-state index in [2.05, 4.69) is 57.2 Å². The normalized spacial score (nSPS) is 10.8. The van der Waals surface area contributed by atoms with Gasteiger partial charge in [0, 0.05) is 6.54 Å². The summed E-state index contributed by atoms with van der Waals surface area (Å²) in [6.45, 7) is 7.66. The molecule has 0 saturated heterocycles. The van der Waals surface area contributed by atoms with Crippen LogP contribution in [0.15, 0.2) is 42.5 Å². The Kier molecular flexibility index (Phi) is 4.80. The average Bonchev–Trinajstić information content (AvgIpc) is 2.46. The smallest absolute Gasteiger partial charge is 0.120 e. The Morgan fingerprint density at radius 3 is 2.55 bits per heavy atom. The standard InChI is InChI=1S/C18H23NO/c1-13(2)16-5-4-6-18(10-16)20-12-17-8-7-15(11-19)9-14(17)3/h4-10,13H,11-12,19H2,1-3H3. The zero-order valence-corrected chi connectivity index (χ0v) is 12.5. The quantitative estimate of drug-likeness (QED) is 0.884. The van der Waals surface area contributed by atoms with Crippen molar-refractivity contribution < 1.29 is 4.74 Å². The summed E-state index contributed by atoms with van der Waals surface area (Å²) >= 11 is 0. The minimum absolute atomic E-state index is 0.518. The summed E-state index contributed by atoms with van der Waals surface area (Å²) in [5.74, 6) is 1.45. The van der Waals surface area contributed by atoms with Crippen molar-refractivity contribution in [2.24, 2.45) is 5.73 Å². The lowest BCUT2D eigenvalue weighted by Gasteiger charge is -2.12. The van der Waals surface area contributed by atoms with Crippen LogP contribution in [-0.2, 0) is 13.2 Å². The van der Waals surface area contributed by atoms with Crippen molar-refractivity contribution in [1.82, 2.24) is 0 Å². The number of aryl methyl sites for hydroxylation is 1. The van der Waals surface area contributed by atoms with Gasteiger partial charge < -0.3 is 10.5 Å². The van der Waals surface area contributed by atoms with Gasteiger partial charge in [-0.2, -0.15) is 0 Å². The number of nitrogens with two attached hydrogens (primary N) is 1. The Bertz CT molecular complexity index is 575. The first-order chi connectivity index (χ1) is 9.60. The van der Waals surface area contributed by atoms with Gasteiger partial charge in [-0.3, -0.25) is 0 Å². The maximum Gasteiger partial charge on any atom is 0.120 e. The predicted molar refractivity (Wildman–Crippen MR) is 83.9 cm³/mol. The van der Waals surface area contributed by atoms with Gasteiger partial charge in [-0.15, -0.1) is 0 Å². The number of ether oxygens (including phenoxy) is 1. The summed E-state index contributed by atoms with van der Waals surface area (Å²) in [6.07, 6.45) is 0. The molecule has 2 aromatic rings. The molecule has 2 heteroatoms. The van der Waals surface area contributed by atoms with Crippen LogP contribution in [0.5, 0.6) is 5.75 Å². The number of rotatable bonds is 5. The minimum Gasteiger partial charge on any atom is -0.489 e. The van der Waals surface area contributed by atoms with Gasteiger partial charge in [0.15, 0.2) is 0 Å². The van der Waals surface area contributed by atoms with E-state index in [1.165, 1.54) is 16.7 Å². The van der Waals surface area contributed by atoms with E-state index in [0.717, 1.165) is 11.3 Å². The fourth-order valence-corrected chi connectivity index (χ4v) is 2.17. The lowest BCUT2D eigenvalue weighted by molar-refractivity contribution is 0.305. The van der Waals surface area contributed by atoms with E-state index in [9.17, 15) is 0 Å². The van der Waals surface area contributed by atoms with Crippen molar-refractivity contribution in [2.75, 3.05) is 0 Å². The molecule has 2 N–H and O–H groups in total. The highest BCUT2D eigenvalue weighted by molar-refractivity contribution is 5.33. The van der Waals surface area contributed by atoms with Crippen LogP contribution in [0.4, 0.5) is 0 Å². The maximum atomic E-state index is 5.91. The molecule has 0 unspecified atom stereocenters. The summed E-state index contributed by atoms with van der Waals surface area (Å²) in [5, 5.41) is 0. The first-order valence-electron chi connectivity index (χ1n) is 7.11. The first kappa shape index (κ1) is 14.6. The highest BCUT2D eigenvalue weighted by Crippen LogP contribution is 2.21. The summed E-state index contributed by atoms with van der Waals surface area (Å²) in [4.78, 5) is 0. The van der Waals surface area contributed by atoms with Crippen LogP contribution in [0.1, 0.15) is 42.0 Å². The van der Waals surface area contributed by atoms with E-state index in [1.807, 2.05) is 6.07 Å². The van der Waals surface area contributed by atoms with Crippen LogP contribution < -0.4 is 10.5 Å². The lowest BCUT2D eigenvalue weighted by Crippen LogP contribution is -2.01. The van der Waals surface area contributed by atoms with Crippen molar-refractivity contribution in [3.63, 3.8) is 0 Å². The molecule has 0 saturated carbocycles. The van der Waals surface area contributed by atoms with E-state index >= 15 is 0 Å². The third kappa shape index (κ3) is 3.61. The molecule has 0 radical (unpaired) electrons. The Morgan fingerprint density at radius 1 is 1.10 bits per heavy atom. The van der Waals surface area contributed by atoms with Crippen LogP contribution in [0, 0.1) is 6.92 Å². The largest absolute Gasteiger partial charge is 0.489 e. The Labute approximate surface area is 121 Å². The van der Waals surface area contributed by atoms with Crippen LogP contribution in [-0.4, -0.2) is 0 Å². The molecule has 2 nitrogen and oxygen atoms in total. The molecule has 0 aliphatic carbocycles. The fraction of sp³-hybridized carbons (Fsp3) is 0.333. The molecule has 0 heterocycles. The second kappa shape index (κ2) is 6.58. The molecule has 106 valence electrons. The molecular weight excluding hydrogens is 246 g/mol. The molecule has 0 aliphatic rings. The fourth-order valence-electron chi connectivity index (χ4n) is 2.17. The molecule has 0 fully saturated rings. The van der Waals surface area contributed by atoms with Crippen molar-refractivity contribution in [2.45, 2.75) is 39.8 Å². The third-order valence-electron chi connectivity index (χ3n) is 3.56. The predicted octanol–water partition coefficient (Wildman–Crippen LogP) is 4.16. The van der Waals surface area contributed by atoms with Crippen molar-refractivity contribution in [3.05, 3.63) is 64.7 Å². The summed E-state index contributed by atoms with van der Waals surface area (Å²) in [5.41, 5.74) is 10.5. The van der Waals surface area contributed by atoms with E-state index in [4.69, 9.17) is 10.5 Å². The van der Waals surface area contributed by atoms with Crippen molar-refractivity contribution in [3.8, 4) is 5.75 Å². The van der Waals surface area contributed by atoms with Gasteiger partial charge in [-0.05, 0) is 47.2 Å². The highest BCUT2D eigenvalue weighted by Gasteiger charge is 2.03. The van der Waals surface area contributed by atoms with Crippen LogP contribution in [0.25, 0.3) is 0 Å². The summed E-state index contributed by atoms with van der Waals surface area (Å²) < 4.78 is 5.91. The molecule has 0 amide bonds. The van der Waals surface area contributed by atoms with Crippen molar-refractivity contribution >= 4 is 0 Å². The molecule has 0 aliphatic heterocycles. The van der Waals surface area contributed by atoms with E-state index in [0.29, 0.717) is 19.1 Å². The second-order valence-corrected chi connectivity index (χ2v) is 5.48. The third-order valence-corrected chi connectivity index (χ3v) is 3.56. The van der Waals surface area contributed by atoms with Gasteiger partial charge in [0.05, 0.1) is 0 Å². The average molecular weight is 269 g/mol. The molecule has 20 heavy (non-hydrogen) atoms. The molecule has 0 aromatic heterocycles. The van der Waals surface area contributed by atoms with Gasteiger partial charge in [-0.1, -0.05) is 44.2 Å². The van der Waals surface area contributed by atoms with Gasteiger partial charge in [-0.25, -0.2) is 0 Å². The van der Waals surface area contributed by atoms with Crippen LogP contribution >= 0.6 is 0 Å². The van der Waals surface area contributed by atoms with Gasteiger partial charge in [0.1, 0.15) is 12.4 Å². The van der Waals surface area contributed by atoms with Gasteiger partial charge in [0.2, 0.25) is 0 Å². The Morgan fingerprint density at radius 2 is 1.90 bits per heavy atom. The molecule has 0 atom stereocenters. The molecule has 0 spiro atoms.